The molecule has 0 amide bonds. The van der Waals surface area contributed by atoms with Crippen molar-refractivity contribution in [2.45, 2.75) is 13.5 Å². The third-order valence-corrected chi connectivity index (χ3v) is 3.53. The molecular formula is C16H19N5O2. The number of benzene rings is 1. The van der Waals surface area contributed by atoms with E-state index in [1.807, 2.05) is 19.1 Å². The number of azo groups is 1. The number of para-hydroxylation sites is 1. The first-order valence-electron chi connectivity index (χ1n) is 7.55. The van der Waals surface area contributed by atoms with E-state index in [1.54, 1.807) is 18.2 Å². The van der Waals surface area contributed by atoms with Gasteiger partial charge in [-0.2, -0.15) is 10.1 Å². The van der Waals surface area contributed by atoms with E-state index in [0.29, 0.717) is 31.5 Å². The molecule has 7 nitrogen and oxygen atoms in total. The molecule has 7 heteroatoms. The normalized spacial score (nSPS) is 15.3. The number of ether oxygens (including phenoxy) is 1. The third-order valence-electron chi connectivity index (χ3n) is 3.53. The standard InChI is InChI=1S/C16H19N5O2/c1-12-10-15(19-16(18-12)21-6-8-23-9-7-21)20-17-11-13-4-2-3-5-14(13)22/h2-5,10,22H,6-9,11H2,1H3. The van der Waals surface area contributed by atoms with Gasteiger partial charge in [0.05, 0.1) is 19.8 Å². The van der Waals surface area contributed by atoms with Crippen LogP contribution in [-0.4, -0.2) is 41.4 Å². The Morgan fingerprint density at radius 3 is 2.78 bits per heavy atom. The van der Waals surface area contributed by atoms with Crippen LogP contribution in [0.5, 0.6) is 5.75 Å². The summed E-state index contributed by atoms with van der Waals surface area (Å²) in [6.07, 6.45) is 0. The molecule has 0 aliphatic carbocycles. The number of aryl methyl sites for hydroxylation is 1. The largest absolute Gasteiger partial charge is 0.508 e. The first kappa shape index (κ1) is 15.4. The van der Waals surface area contributed by atoms with Crippen molar-refractivity contribution in [1.82, 2.24) is 9.97 Å². The van der Waals surface area contributed by atoms with Crippen molar-refractivity contribution >= 4 is 11.8 Å². The molecule has 1 aromatic heterocycles. The zero-order chi connectivity index (χ0) is 16.1. The molecule has 0 unspecified atom stereocenters. The molecule has 0 bridgehead atoms. The fraction of sp³-hybridized carbons (Fsp3) is 0.375. The number of aromatic hydroxyl groups is 1. The van der Waals surface area contributed by atoms with Gasteiger partial charge in [0.15, 0.2) is 5.82 Å². The molecule has 1 saturated heterocycles. The lowest BCUT2D eigenvalue weighted by atomic mass is 10.2. The highest BCUT2D eigenvalue weighted by Crippen LogP contribution is 2.20. The van der Waals surface area contributed by atoms with E-state index in [9.17, 15) is 5.11 Å². The fourth-order valence-electron chi connectivity index (χ4n) is 2.32. The van der Waals surface area contributed by atoms with Crippen LogP contribution in [0.2, 0.25) is 0 Å². The van der Waals surface area contributed by atoms with Gasteiger partial charge >= 0.3 is 0 Å². The number of phenols is 1. The lowest BCUT2D eigenvalue weighted by Gasteiger charge is -2.26. The Kier molecular flexibility index (Phi) is 4.77. The van der Waals surface area contributed by atoms with Crippen molar-refractivity contribution in [3.63, 3.8) is 0 Å². The van der Waals surface area contributed by atoms with Gasteiger partial charge in [-0.1, -0.05) is 18.2 Å². The van der Waals surface area contributed by atoms with Crippen LogP contribution in [0, 0.1) is 6.92 Å². The minimum atomic E-state index is 0.222. The van der Waals surface area contributed by atoms with Crippen molar-refractivity contribution in [3.05, 3.63) is 41.6 Å². The molecule has 1 N–H and O–H groups in total. The quantitative estimate of drug-likeness (QED) is 0.877. The Balaban J connectivity index is 1.73. The lowest BCUT2D eigenvalue weighted by Crippen LogP contribution is -2.37. The number of rotatable bonds is 4. The Morgan fingerprint density at radius 1 is 1.22 bits per heavy atom. The second-order valence-electron chi connectivity index (χ2n) is 5.30. The van der Waals surface area contributed by atoms with Crippen LogP contribution in [0.15, 0.2) is 40.6 Å². The number of hydrogen-bond acceptors (Lipinski definition) is 7. The van der Waals surface area contributed by atoms with E-state index in [4.69, 9.17) is 4.74 Å². The molecule has 0 spiro atoms. The molecular weight excluding hydrogens is 294 g/mol. The predicted octanol–water partition coefficient (Wildman–Crippen LogP) is 2.61. The molecule has 2 heterocycles. The highest BCUT2D eigenvalue weighted by molar-refractivity contribution is 5.40. The van der Waals surface area contributed by atoms with E-state index >= 15 is 0 Å². The molecule has 23 heavy (non-hydrogen) atoms. The maximum atomic E-state index is 9.72. The Labute approximate surface area is 134 Å². The molecule has 1 aromatic carbocycles. The summed E-state index contributed by atoms with van der Waals surface area (Å²) in [4.78, 5) is 11.0. The van der Waals surface area contributed by atoms with Gasteiger partial charge in [-0.25, -0.2) is 4.98 Å². The maximum Gasteiger partial charge on any atom is 0.227 e. The van der Waals surface area contributed by atoms with Crippen LogP contribution in [0.4, 0.5) is 11.8 Å². The van der Waals surface area contributed by atoms with Crippen molar-refractivity contribution in [2.75, 3.05) is 31.2 Å². The fourth-order valence-corrected chi connectivity index (χ4v) is 2.32. The predicted molar refractivity (Wildman–Crippen MR) is 86.1 cm³/mol. The Morgan fingerprint density at radius 2 is 2.00 bits per heavy atom. The Hall–Kier alpha value is -2.54. The molecule has 1 aliphatic heterocycles. The summed E-state index contributed by atoms with van der Waals surface area (Å²) >= 11 is 0. The summed E-state index contributed by atoms with van der Waals surface area (Å²) in [6, 6.07) is 8.88. The zero-order valence-electron chi connectivity index (χ0n) is 13.0. The van der Waals surface area contributed by atoms with Gasteiger partial charge in [-0.05, 0) is 13.0 Å². The van der Waals surface area contributed by atoms with Gasteiger partial charge in [0.25, 0.3) is 0 Å². The van der Waals surface area contributed by atoms with Gasteiger partial charge in [0, 0.05) is 30.4 Å². The third kappa shape index (κ3) is 4.01. The zero-order valence-corrected chi connectivity index (χ0v) is 13.0. The molecule has 0 saturated carbocycles. The van der Waals surface area contributed by atoms with Crippen LogP contribution in [0.25, 0.3) is 0 Å². The van der Waals surface area contributed by atoms with E-state index in [-0.39, 0.29) is 5.75 Å². The lowest BCUT2D eigenvalue weighted by molar-refractivity contribution is 0.122. The minimum absolute atomic E-state index is 0.222. The smallest absolute Gasteiger partial charge is 0.227 e. The van der Waals surface area contributed by atoms with Crippen molar-refractivity contribution in [1.29, 1.82) is 0 Å². The van der Waals surface area contributed by atoms with Gasteiger partial charge in [0.1, 0.15) is 5.75 Å². The summed E-state index contributed by atoms with van der Waals surface area (Å²) in [5, 5.41) is 18.0. The molecule has 1 fully saturated rings. The molecule has 1 aliphatic rings. The summed E-state index contributed by atoms with van der Waals surface area (Å²) in [7, 11) is 0. The summed E-state index contributed by atoms with van der Waals surface area (Å²) < 4.78 is 5.34. The molecule has 3 rings (SSSR count). The second-order valence-corrected chi connectivity index (χ2v) is 5.30. The van der Waals surface area contributed by atoms with E-state index < -0.39 is 0 Å². The number of phenolic OH excluding ortho intramolecular Hbond substituents is 1. The SMILES string of the molecule is Cc1cc(N=NCc2ccccc2O)nc(N2CCOCC2)n1. The van der Waals surface area contributed by atoms with Crippen molar-refractivity contribution < 1.29 is 9.84 Å². The summed E-state index contributed by atoms with van der Waals surface area (Å²) in [6.45, 7) is 5.13. The number of hydrogen-bond donors (Lipinski definition) is 1. The molecule has 0 atom stereocenters. The van der Waals surface area contributed by atoms with Crippen LogP contribution < -0.4 is 4.90 Å². The average Bonchev–Trinajstić information content (AvgIpc) is 2.57. The summed E-state index contributed by atoms with van der Waals surface area (Å²) in [5.74, 6) is 1.40. The topological polar surface area (TPSA) is 83.2 Å². The van der Waals surface area contributed by atoms with E-state index in [1.165, 1.54) is 0 Å². The van der Waals surface area contributed by atoms with Crippen LogP contribution in [0.1, 0.15) is 11.3 Å². The maximum absolute atomic E-state index is 9.72. The van der Waals surface area contributed by atoms with E-state index in [0.717, 1.165) is 24.3 Å². The highest BCUT2D eigenvalue weighted by Gasteiger charge is 2.14. The highest BCUT2D eigenvalue weighted by atomic mass is 16.5. The molecule has 0 radical (unpaired) electrons. The van der Waals surface area contributed by atoms with Crippen LogP contribution >= 0.6 is 0 Å². The summed E-state index contributed by atoms with van der Waals surface area (Å²) in [5.41, 5.74) is 1.58. The van der Waals surface area contributed by atoms with Crippen molar-refractivity contribution in [2.24, 2.45) is 10.2 Å². The molecule has 2 aromatic rings. The van der Waals surface area contributed by atoms with Crippen molar-refractivity contribution in [3.8, 4) is 5.75 Å². The van der Waals surface area contributed by atoms with Gasteiger partial charge < -0.3 is 14.7 Å². The first-order chi connectivity index (χ1) is 11.2. The van der Waals surface area contributed by atoms with Gasteiger partial charge in [0.2, 0.25) is 5.95 Å². The minimum Gasteiger partial charge on any atom is -0.508 e. The van der Waals surface area contributed by atoms with Crippen LogP contribution in [-0.2, 0) is 11.3 Å². The number of nitrogens with zero attached hydrogens (tertiary/aromatic N) is 5. The van der Waals surface area contributed by atoms with Gasteiger partial charge in [-0.15, -0.1) is 5.11 Å². The van der Waals surface area contributed by atoms with E-state index in [2.05, 4.69) is 25.1 Å². The monoisotopic (exact) mass is 313 g/mol. The number of aromatic nitrogens is 2. The average molecular weight is 313 g/mol. The first-order valence-corrected chi connectivity index (χ1v) is 7.55. The van der Waals surface area contributed by atoms with Crippen LogP contribution in [0.3, 0.4) is 0 Å². The Bertz CT molecular complexity index is 699. The number of morpholine rings is 1. The number of anilines is 1. The van der Waals surface area contributed by atoms with Gasteiger partial charge in [-0.3, -0.25) is 0 Å². The molecule has 120 valence electrons. The second kappa shape index (κ2) is 7.15.